The lowest BCUT2D eigenvalue weighted by molar-refractivity contribution is 0.0369. The van der Waals surface area contributed by atoms with Gasteiger partial charge in [-0.2, -0.15) is 0 Å². The van der Waals surface area contributed by atoms with Crippen molar-refractivity contribution in [3.63, 3.8) is 0 Å². The van der Waals surface area contributed by atoms with Crippen molar-refractivity contribution >= 4 is 39.0 Å². The quantitative estimate of drug-likeness (QED) is 0.734. The number of carbonyl (C=O) groups is 1. The Morgan fingerprint density at radius 2 is 1.93 bits per heavy atom. The molecule has 1 fully saturated rings. The van der Waals surface area contributed by atoms with Crippen LogP contribution in [0.15, 0.2) is 47.4 Å². The second kappa shape index (κ2) is 8.80. The molecule has 1 heterocycles. The summed E-state index contributed by atoms with van der Waals surface area (Å²) in [6.07, 6.45) is -0.517. The SMILES string of the molecule is O=C(O)c1ccccc1S(=O)(=O)C[C@@H]1CNCCO[C@H]1c1ccc(Cl)c(Cl)c1. The Kier molecular flexibility index (Phi) is 6.62. The third kappa shape index (κ3) is 4.67. The van der Waals surface area contributed by atoms with Gasteiger partial charge in [0.15, 0.2) is 9.84 Å². The van der Waals surface area contributed by atoms with Crippen molar-refractivity contribution in [2.45, 2.75) is 11.0 Å². The predicted molar refractivity (Wildman–Crippen MR) is 107 cm³/mol. The standard InChI is InChI=1S/C19H19Cl2NO5S/c20-15-6-5-12(9-16(15)21)18-13(10-22-7-8-27-18)11-28(25,26)17-4-2-1-3-14(17)19(23)24/h1-6,9,13,18,22H,7-8,10-11H2,(H,23,24)/t13-,18-/m0/s1. The van der Waals surface area contributed by atoms with Crippen molar-refractivity contribution in [1.29, 1.82) is 0 Å². The molecule has 2 aromatic carbocycles. The van der Waals surface area contributed by atoms with Crippen molar-refractivity contribution in [1.82, 2.24) is 5.32 Å². The lowest BCUT2D eigenvalue weighted by atomic mass is 9.97. The minimum Gasteiger partial charge on any atom is -0.478 e. The number of rotatable bonds is 5. The number of sulfone groups is 1. The Labute approximate surface area is 173 Å². The monoisotopic (exact) mass is 443 g/mol. The van der Waals surface area contributed by atoms with Crippen LogP contribution in [-0.2, 0) is 14.6 Å². The molecule has 3 rings (SSSR count). The van der Waals surface area contributed by atoms with E-state index in [1.165, 1.54) is 24.3 Å². The van der Waals surface area contributed by atoms with E-state index in [-0.39, 0.29) is 16.2 Å². The zero-order chi connectivity index (χ0) is 20.3. The zero-order valence-corrected chi connectivity index (χ0v) is 17.1. The van der Waals surface area contributed by atoms with Gasteiger partial charge in [-0.3, -0.25) is 0 Å². The molecule has 0 aromatic heterocycles. The maximum Gasteiger partial charge on any atom is 0.337 e. The van der Waals surface area contributed by atoms with Gasteiger partial charge in [0.05, 0.1) is 39.0 Å². The second-order valence-electron chi connectivity index (χ2n) is 6.51. The maximum atomic E-state index is 13.0. The van der Waals surface area contributed by atoms with Crippen LogP contribution in [0.5, 0.6) is 0 Å². The number of benzene rings is 2. The number of halogens is 2. The first kappa shape index (κ1) is 21.1. The molecule has 150 valence electrons. The summed E-state index contributed by atoms with van der Waals surface area (Å²) < 4.78 is 32.0. The summed E-state index contributed by atoms with van der Waals surface area (Å²) in [6.45, 7) is 1.40. The third-order valence-electron chi connectivity index (χ3n) is 4.57. The highest BCUT2D eigenvalue weighted by atomic mass is 35.5. The lowest BCUT2D eigenvalue weighted by Gasteiger charge is -2.25. The van der Waals surface area contributed by atoms with Gasteiger partial charge in [-0.25, -0.2) is 13.2 Å². The first-order valence-electron chi connectivity index (χ1n) is 8.62. The van der Waals surface area contributed by atoms with Gasteiger partial charge < -0.3 is 15.2 Å². The van der Waals surface area contributed by atoms with Crippen molar-refractivity contribution in [2.24, 2.45) is 5.92 Å². The van der Waals surface area contributed by atoms with Gasteiger partial charge in [-0.15, -0.1) is 0 Å². The summed E-state index contributed by atoms with van der Waals surface area (Å²) in [7, 11) is -3.87. The van der Waals surface area contributed by atoms with Gasteiger partial charge in [0, 0.05) is 19.0 Å². The fraction of sp³-hybridized carbons (Fsp3) is 0.316. The molecule has 0 bridgehead atoms. The van der Waals surface area contributed by atoms with Crippen LogP contribution in [0.2, 0.25) is 10.0 Å². The molecule has 2 atom stereocenters. The largest absolute Gasteiger partial charge is 0.478 e. The number of aromatic carboxylic acids is 1. The van der Waals surface area contributed by atoms with Crippen LogP contribution in [0, 0.1) is 5.92 Å². The van der Waals surface area contributed by atoms with Crippen LogP contribution in [0.25, 0.3) is 0 Å². The van der Waals surface area contributed by atoms with Crippen molar-refractivity contribution in [2.75, 3.05) is 25.4 Å². The Bertz CT molecular complexity index is 980. The fourth-order valence-electron chi connectivity index (χ4n) is 3.28. The summed E-state index contributed by atoms with van der Waals surface area (Å²) in [4.78, 5) is 11.2. The van der Waals surface area contributed by atoms with Gasteiger partial charge in [-0.1, -0.05) is 41.4 Å². The number of ether oxygens (including phenoxy) is 1. The average molecular weight is 444 g/mol. The molecular formula is C19H19Cl2NO5S. The molecule has 1 saturated heterocycles. The Morgan fingerprint density at radius 3 is 2.64 bits per heavy atom. The lowest BCUT2D eigenvalue weighted by Crippen LogP contribution is -2.31. The summed E-state index contributed by atoms with van der Waals surface area (Å²) in [5.74, 6) is -1.99. The third-order valence-corrected chi connectivity index (χ3v) is 7.20. The molecule has 0 unspecified atom stereocenters. The Hall–Kier alpha value is -1.64. The molecule has 0 aliphatic carbocycles. The van der Waals surface area contributed by atoms with Crippen LogP contribution < -0.4 is 5.32 Å². The topological polar surface area (TPSA) is 92.7 Å². The molecule has 0 radical (unpaired) electrons. The molecule has 0 saturated carbocycles. The molecule has 1 aliphatic rings. The van der Waals surface area contributed by atoms with Crippen LogP contribution in [0.4, 0.5) is 0 Å². The van der Waals surface area contributed by atoms with E-state index in [9.17, 15) is 18.3 Å². The van der Waals surface area contributed by atoms with E-state index in [1.807, 2.05) is 0 Å². The molecular weight excluding hydrogens is 425 g/mol. The highest BCUT2D eigenvalue weighted by Gasteiger charge is 2.33. The highest BCUT2D eigenvalue weighted by Crippen LogP contribution is 2.34. The molecule has 0 spiro atoms. The molecule has 1 aliphatic heterocycles. The number of carboxylic acid groups (broad SMARTS) is 1. The first-order chi connectivity index (χ1) is 13.3. The molecule has 2 aromatic rings. The van der Waals surface area contributed by atoms with E-state index in [0.717, 1.165) is 5.56 Å². The predicted octanol–water partition coefficient (Wildman–Crippen LogP) is 3.44. The van der Waals surface area contributed by atoms with E-state index in [2.05, 4.69) is 5.32 Å². The average Bonchev–Trinajstić information content (AvgIpc) is 2.89. The molecule has 0 amide bonds. The van der Waals surface area contributed by atoms with Crippen molar-refractivity contribution in [3.8, 4) is 0 Å². The molecule has 28 heavy (non-hydrogen) atoms. The van der Waals surface area contributed by atoms with Gasteiger partial charge in [0.25, 0.3) is 0 Å². The van der Waals surface area contributed by atoms with Crippen molar-refractivity contribution < 1.29 is 23.1 Å². The van der Waals surface area contributed by atoms with Gasteiger partial charge in [0.1, 0.15) is 0 Å². The maximum absolute atomic E-state index is 13.0. The molecule has 6 nitrogen and oxygen atoms in total. The summed E-state index contributed by atoms with van der Waals surface area (Å²) in [6, 6.07) is 10.7. The molecule has 2 N–H and O–H groups in total. The minimum atomic E-state index is -3.87. The highest BCUT2D eigenvalue weighted by molar-refractivity contribution is 7.91. The zero-order valence-electron chi connectivity index (χ0n) is 14.8. The number of hydrogen-bond donors (Lipinski definition) is 2. The number of nitrogens with one attached hydrogen (secondary N) is 1. The van der Waals surface area contributed by atoms with Crippen LogP contribution in [-0.4, -0.2) is 44.9 Å². The summed E-state index contributed by atoms with van der Waals surface area (Å²) >= 11 is 12.1. The van der Waals surface area contributed by atoms with E-state index in [1.54, 1.807) is 18.2 Å². The van der Waals surface area contributed by atoms with Gasteiger partial charge >= 0.3 is 5.97 Å². The second-order valence-corrected chi connectivity index (χ2v) is 9.33. The van der Waals surface area contributed by atoms with E-state index < -0.39 is 27.8 Å². The fourth-order valence-corrected chi connectivity index (χ4v) is 5.40. The summed E-state index contributed by atoms with van der Waals surface area (Å²) in [5.41, 5.74) is 0.487. The molecule has 9 heteroatoms. The van der Waals surface area contributed by atoms with Crippen LogP contribution in [0.3, 0.4) is 0 Å². The van der Waals surface area contributed by atoms with E-state index in [0.29, 0.717) is 29.7 Å². The minimum absolute atomic E-state index is 0.195. The Balaban J connectivity index is 1.95. The van der Waals surface area contributed by atoms with Crippen molar-refractivity contribution in [3.05, 3.63) is 63.6 Å². The normalized spacial score (nSPS) is 20.5. The summed E-state index contributed by atoms with van der Waals surface area (Å²) in [5, 5.41) is 13.3. The number of carboxylic acids is 1. The van der Waals surface area contributed by atoms with E-state index in [4.69, 9.17) is 27.9 Å². The number of hydrogen-bond acceptors (Lipinski definition) is 5. The smallest absolute Gasteiger partial charge is 0.337 e. The van der Waals surface area contributed by atoms with E-state index >= 15 is 0 Å². The first-order valence-corrected chi connectivity index (χ1v) is 11.0. The van der Waals surface area contributed by atoms with Gasteiger partial charge in [0.2, 0.25) is 0 Å². The van der Waals surface area contributed by atoms with Gasteiger partial charge in [-0.05, 0) is 29.8 Å². The van der Waals surface area contributed by atoms with Crippen LogP contribution in [0.1, 0.15) is 22.0 Å². The van der Waals surface area contributed by atoms with Crippen LogP contribution >= 0.6 is 23.2 Å². The Morgan fingerprint density at radius 1 is 1.18 bits per heavy atom.